The summed E-state index contributed by atoms with van der Waals surface area (Å²) in [6, 6.07) is 3.71. The Bertz CT molecular complexity index is 600. The third-order valence-electron chi connectivity index (χ3n) is 2.98. The highest BCUT2D eigenvalue weighted by molar-refractivity contribution is 6.32. The van der Waals surface area contributed by atoms with E-state index in [1.807, 2.05) is 6.92 Å². The smallest absolute Gasteiger partial charge is 0.124 e. The van der Waals surface area contributed by atoms with Crippen molar-refractivity contribution in [2.45, 2.75) is 25.9 Å². The van der Waals surface area contributed by atoms with Gasteiger partial charge in [-0.25, -0.2) is 9.82 Å². The van der Waals surface area contributed by atoms with E-state index in [9.17, 15) is 4.39 Å². The van der Waals surface area contributed by atoms with Crippen LogP contribution in [0.3, 0.4) is 0 Å². The summed E-state index contributed by atoms with van der Waals surface area (Å²) in [5, 5.41) is 4.99. The molecule has 1 heterocycles. The number of nitrogens with one attached hydrogen (secondary N) is 1. The fourth-order valence-electron chi connectivity index (χ4n) is 2.10. The van der Waals surface area contributed by atoms with Gasteiger partial charge in [-0.1, -0.05) is 36.2 Å². The summed E-state index contributed by atoms with van der Waals surface area (Å²) in [5.41, 5.74) is 4.03. The highest BCUT2D eigenvalue weighted by Crippen LogP contribution is 2.32. The first-order valence-electron chi connectivity index (χ1n) is 6.20. The van der Waals surface area contributed by atoms with Crippen molar-refractivity contribution in [2.75, 3.05) is 0 Å². The summed E-state index contributed by atoms with van der Waals surface area (Å²) < 4.78 is 14.9. The molecule has 0 aliphatic rings. The number of halogens is 3. The largest absolute Gasteiger partial charge is 0.271 e. The lowest BCUT2D eigenvalue weighted by molar-refractivity contribution is 0.520. The quantitative estimate of drug-likeness (QED) is 0.657. The molecule has 0 bridgehead atoms. The number of aryl methyl sites for hydroxylation is 1. The van der Waals surface area contributed by atoms with Gasteiger partial charge in [-0.05, 0) is 24.1 Å². The first-order chi connectivity index (χ1) is 9.58. The predicted octanol–water partition coefficient (Wildman–Crippen LogP) is 3.29. The Morgan fingerprint density at radius 3 is 2.75 bits per heavy atom. The van der Waals surface area contributed by atoms with E-state index in [4.69, 9.17) is 29.0 Å². The number of aromatic nitrogens is 2. The topological polar surface area (TPSA) is 55.9 Å². The second kappa shape index (κ2) is 6.54. The summed E-state index contributed by atoms with van der Waals surface area (Å²) >= 11 is 12.3. The zero-order valence-electron chi connectivity index (χ0n) is 10.9. The minimum absolute atomic E-state index is 0.285. The molecule has 0 aliphatic heterocycles. The van der Waals surface area contributed by atoms with Crippen molar-refractivity contribution >= 4 is 23.2 Å². The van der Waals surface area contributed by atoms with Gasteiger partial charge in [0.15, 0.2) is 0 Å². The highest BCUT2D eigenvalue weighted by atomic mass is 35.5. The molecule has 0 spiro atoms. The van der Waals surface area contributed by atoms with Crippen molar-refractivity contribution in [3.63, 3.8) is 0 Å². The highest BCUT2D eigenvalue weighted by Gasteiger charge is 2.23. The first kappa shape index (κ1) is 15.3. The molecule has 3 N–H and O–H groups in total. The molecule has 1 atom stereocenters. The Morgan fingerprint density at radius 2 is 2.15 bits per heavy atom. The van der Waals surface area contributed by atoms with Gasteiger partial charge in [0.05, 0.1) is 23.0 Å². The van der Waals surface area contributed by atoms with Crippen LogP contribution in [0.1, 0.15) is 30.6 Å². The van der Waals surface area contributed by atoms with E-state index >= 15 is 0 Å². The van der Waals surface area contributed by atoms with Crippen molar-refractivity contribution in [1.29, 1.82) is 0 Å². The predicted molar refractivity (Wildman–Crippen MR) is 78.1 cm³/mol. The minimum atomic E-state index is -0.454. The molecule has 1 aromatic heterocycles. The zero-order chi connectivity index (χ0) is 14.7. The van der Waals surface area contributed by atoms with Gasteiger partial charge in [0.25, 0.3) is 0 Å². The average Bonchev–Trinajstić information content (AvgIpc) is 2.75. The Labute approximate surface area is 126 Å². The number of hydrogen-bond acceptors (Lipinski definition) is 3. The molecular formula is C13H15Cl2FN4. The maximum Gasteiger partial charge on any atom is 0.124 e. The number of nitrogens with two attached hydrogens (primary N) is 1. The Hall–Kier alpha value is -1.14. The molecule has 20 heavy (non-hydrogen) atoms. The van der Waals surface area contributed by atoms with E-state index in [1.54, 1.807) is 16.9 Å². The van der Waals surface area contributed by atoms with E-state index in [1.165, 1.54) is 12.1 Å². The van der Waals surface area contributed by atoms with E-state index in [0.717, 1.165) is 6.42 Å². The number of nitrogens with zero attached hydrogens (tertiary/aromatic N) is 2. The van der Waals surface area contributed by atoms with Crippen molar-refractivity contribution in [3.8, 4) is 0 Å². The third-order valence-corrected chi connectivity index (χ3v) is 3.60. The zero-order valence-corrected chi connectivity index (χ0v) is 12.4. The van der Waals surface area contributed by atoms with Crippen molar-refractivity contribution in [3.05, 3.63) is 51.5 Å². The van der Waals surface area contributed by atoms with Crippen LogP contribution in [0, 0.1) is 5.82 Å². The van der Waals surface area contributed by atoms with Gasteiger partial charge in [-0.15, -0.1) is 0 Å². The standard InChI is InChI=1S/C13H15Cl2FN4/c1-2-5-20-13(11(15)7-18-20)12(19-17)9-4-3-8(16)6-10(9)14/h3-4,6-7,12,19H,2,5,17H2,1H3. The number of hydrazine groups is 1. The normalized spacial score (nSPS) is 12.7. The molecule has 2 aromatic rings. The summed E-state index contributed by atoms with van der Waals surface area (Å²) in [6.07, 6.45) is 2.47. The maximum absolute atomic E-state index is 13.2. The van der Waals surface area contributed by atoms with Gasteiger partial charge in [-0.2, -0.15) is 5.10 Å². The second-order valence-corrected chi connectivity index (χ2v) is 5.18. The van der Waals surface area contributed by atoms with Crippen LogP contribution in [-0.2, 0) is 6.54 Å². The molecule has 1 aromatic carbocycles. The molecule has 0 saturated carbocycles. The van der Waals surface area contributed by atoms with Gasteiger partial charge >= 0.3 is 0 Å². The molecule has 4 nitrogen and oxygen atoms in total. The van der Waals surface area contributed by atoms with Crippen LogP contribution >= 0.6 is 23.2 Å². The molecule has 0 saturated heterocycles. The summed E-state index contributed by atoms with van der Waals surface area (Å²) in [4.78, 5) is 0. The number of benzene rings is 1. The van der Waals surface area contributed by atoms with Crippen molar-refractivity contribution < 1.29 is 4.39 Å². The number of rotatable bonds is 5. The molecule has 0 radical (unpaired) electrons. The fraction of sp³-hybridized carbons (Fsp3) is 0.308. The summed E-state index contributed by atoms with van der Waals surface area (Å²) in [5.74, 6) is 5.23. The monoisotopic (exact) mass is 316 g/mol. The van der Waals surface area contributed by atoms with Gasteiger partial charge in [0.1, 0.15) is 5.82 Å². The van der Waals surface area contributed by atoms with E-state index in [0.29, 0.717) is 22.8 Å². The molecular weight excluding hydrogens is 302 g/mol. The molecule has 1 unspecified atom stereocenters. The summed E-state index contributed by atoms with van der Waals surface area (Å²) in [6.45, 7) is 2.74. The minimum Gasteiger partial charge on any atom is -0.271 e. The third kappa shape index (κ3) is 2.96. The van der Waals surface area contributed by atoms with Gasteiger partial charge in [0, 0.05) is 11.6 Å². The molecule has 0 amide bonds. The summed E-state index contributed by atoms with van der Waals surface area (Å²) in [7, 11) is 0. The van der Waals surface area contributed by atoms with Crippen LogP contribution in [0.4, 0.5) is 4.39 Å². The van der Waals surface area contributed by atoms with Crippen LogP contribution in [0.2, 0.25) is 10.0 Å². The van der Waals surface area contributed by atoms with Crippen LogP contribution < -0.4 is 11.3 Å². The van der Waals surface area contributed by atoms with E-state index in [-0.39, 0.29) is 5.02 Å². The van der Waals surface area contributed by atoms with E-state index < -0.39 is 11.9 Å². The fourth-order valence-corrected chi connectivity index (χ4v) is 2.63. The van der Waals surface area contributed by atoms with Crippen LogP contribution in [0.15, 0.2) is 24.4 Å². The molecule has 0 fully saturated rings. The van der Waals surface area contributed by atoms with E-state index in [2.05, 4.69) is 10.5 Å². The maximum atomic E-state index is 13.2. The molecule has 108 valence electrons. The Balaban J connectivity index is 2.49. The SMILES string of the molecule is CCCn1ncc(Cl)c1C(NN)c1ccc(F)cc1Cl. The molecule has 0 aliphatic carbocycles. The number of hydrogen-bond donors (Lipinski definition) is 2. The second-order valence-electron chi connectivity index (χ2n) is 4.37. The van der Waals surface area contributed by atoms with Gasteiger partial charge in [0.2, 0.25) is 0 Å². The Morgan fingerprint density at radius 1 is 1.40 bits per heavy atom. The van der Waals surface area contributed by atoms with Gasteiger partial charge in [-0.3, -0.25) is 10.5 Å². The van der Waals surface area contributed by atoms with Crippen LogP contribution in [0.25, 0.3) is 0 Å². The van der Waals surface area contributed by atoms with Crippen molar-refractivity contribution in [1.82, 2.24) is 15.2 Å². The molecule has 2 rings (SSSR count). The average molecular weight is 317 g/mol. The van der Waals surface area contributed by atoms with Gasteiger partial charge < -0.3 is 0 Å². The van der Waals surface area contributed by atoms with Crippen LogP contribution in [0.5, 0.6) is 0 Å². The lowest BCUT2D eigenvalue weighted by Gasteiger charge is -2.20. The molecule has 7 heteroatoms. The Kier molecular flexibility index (Phi) is 4.99. The lowest BCUT2D eigenvalue weighted by Crippen LogP contribution is -2.31. The van der Waals surface area contributed by atoms with Crippen LogP contribution in [-0.4, -0.2) is 9.78 Å². The first-order valence-corrected chi connectivity index (χ1v) is 6.96. The van der Waals surface area contributed by atoms with Crippen molar-refractivity contribution in [2.24, 2.45) is 5.84 Å². The lowest BCUT2D eigenvalue weighted by atomic mass is 10.0.